The maximum atomic E-state index is 5.54. The summed E-state index contributed by atoms with van der Waals surface area (Å²) >= 11 is 3.46. The lowest BCUT2D eigenvalue weighted by Gasteiger charge is -2.13. The third-order valence-corrected chi connectivity index (χ3v) is 3.26. The number of hydrogen-bond donors (Lipinski definition) is 1. The van der Waals surface area contributed by atoms with E-state index in [1.54, 1.807) is 13.3 Å². The molecule has 1 aromatic heterocycles. The van der Waals surface area contributed by atoms with Crippen molar-refractivity contribution >= 4 is 21.6 Å². The van der Waals surface area contributed by atoms with Gasteiger partial charge in [0.2, 0.25) is 5.88 Å². The van der Waals surface area contributed by atoms with E-state index < -0.39 is 0 Å². The fourth-order valence-corrected chi connectivity index (χ4v) is 2.23. The van der Waals surface area contributed by atoms with Crippen LogP contribution in [0.4, 0.5) is 5.69 Å². The molecule has 0 aliphatic heterocycles. The van der Waals surface area contributed by atoms with Crippen LogP contribution in [0.1, 0.15) is 5.56 Å². The second kappa shape index (κ2) is 7.55. The maximum absolute atomic E-state index is 5.54. The fourth-order valence-electron chi connectivity index (χ4n) is 1.82. The summed E-state index contributed by atoms with van der Waals surface area (Å²) in [5.41, 5.74) is 1.81. The number of anilines is 1. The monoisotopic (exact) mass is 346 g/mol. The number of aromatic nitrogens is 1. The van der Waals surface area contributed by atoms with E-state index in [1.165, 1.54) is 0 Å². The van der Waals surface area contributed by atoms with Gasteiger partial charge in [-0.1, -0.05) is 21.9 Å². The summed E-state index contributed by atoms with van der Waals surface area (Å²) < 4.78 is 11.7. The zero-order chi connectivity index (χ0) is 15.1. The Hall–Kier alpha value is -2.19. The van der Waals surface area contributed by atoms with Gasteiger partial charge in [-0.25, -0.2) is 4.98 Å². The van der Waals surface area contributed by atoms with Crippen molar-refractivity contribution in [2.75, 3.05) is 19.0 Å². The molecule has 0 bridgehead atoms. The number of terminal acetylenes is 1. The second-order valence-corrected chi connectivity index (χ2v) is 5.07. The molecule has 21 heavy (non-hydrogen) atoms. The number of ether oxygens (including phenoxy) is 2. The van der Waals surface area contributed by atoms with Crippen molar-refractivity contribution in [2.45, 2.75) is 6.54 Å². The minimum atomic E-state index is 0.241. The van der Waals surface area contributed by atoms with Crippen LogP contribution in [0.5, 0.6) is 11.6 Å². The van der Waals surface area contributed by atoms with Crippen LogP contribution >= 0.6 is 15.9 Å². The van der Waals surface area contributed by atoms with Crippen LogP contribution in [-0.2, 0) is 6.54 Å². The number of nitrogens with one attached hydrogen (secondary N) is 1. The highest BCUT2D eigenvalue weighted by atomic mass is 79.9. The molecule has 0 amide bonds. The quantitative estimate of drug-likeness (QED) is 0.813. The molecule has 2 rings (SSSR count). The first-order valence-electron chi connectivity index (χ1n) is 6.32. The predicted octanol–water partition coefficient (Wildman–Crippen LogP) is 3.48. The van der Waals surface area contributed by atoms with Gasteiger partial charge in [-0.05, 0) is 30.3 Å². The van der Waals surface area contributed by atoms with Gasteiger partial charge in [0.05, 0.1) is 12.8 Å². The molecular weight excluding hydrogens is 332 g/mol. The third kappa shape index (κ3) is 4.14. The highest BCUT2D eigenvalue weighted by Crippen LogP contribution is 2.26. The van der Waals surface area contributed by atoms with E-state index in [0.29, 0.717) is 12.4 Å². The average Bonchev–Trinajstić information content (AvgIpc) is 2.52. The lowest BCUT2D eigenvalue weighted by Crippen LogP contribution is -2.05. The summed E-state index contributed by atoms with van der Waals surface area (Å²) in [4.78, 5) is 4.15. The van der Waals surface area contributed by atoms with Crippen LogP contribution < -0.4 is 14.8 Å². The smallest absolute Gasteiger partial charge is 0.237 e. The molecule has 1 heterocycles. The molecule has 0 saturated heterocycles. The molecule has 0 radical (unpaired) electrons. The van der Waals surface area contributed by atoms with Gasteiger partial charge in [0.1, 0.15) is 12.4 Å². The Bertz CT molecular complexity index is 653. The normalized spacial score (nSPS) is 9.76. The third-order valence-electron chi connectivity index (χ3n) is 2.77. The van der Waals surface area contributed by atoms with Gasteiger partial charge >= 0.3 is 0 Å². The summed E-state index contributed by atoms with van der Waals surface area (Å²) in [6.07, 6.45) is 6.92. The Kier molecular flexibility index (Phi) is 5.47. The molecule has 0 atom stereocenters. The van der Waals surface area contributed by atoms with E-state index in [-0.39, 0.29) is 6.61 Å². The fraction of sp³-hybridized carbons (Fsp3) is 0.188. The van der Waals surface area contributed by atoms with Crippen LogP contribution in [0.3, 0.4) is 0 Å². The summed E-state index contributed by atoms with van der Waals surface area (Å²) in [7, 11) is 1.59. The Morgan fingerprint density at radius 3 is 3.00 bits per heavy atom. The summed E-state index contributed by atoms with van der Waals surface area (Å²) in [6.45, 7) is 0.812. The molecule has 0 spiro atoms. The largest absolute Gasteiger partial charge is 0.481 e. The van der Waals surface area contributed by atoms with Crippen molar-refractivity contribution in [3.63, 3.8) is 0 Å². The summed E-state index contributed by atoms with van der Waals surface area (Å²) in [6, 6.07) is 9.55. The molecule has 2 aromatic rings. The van der Waals surface area contributed by atoms with Crippen molar-refractivity contribution in [3.05, 3.63) is 46.6 Å². The minimum absolute atomic E-state index is 0.241. The van der Waals surface area contributed by atoms with Crippen LogP contribution in [0, 0.1) is 12.3 Å². The first kappa shape index (κ1) is 15.2. The lowest BCUT2D eigenvalue weighted by molar-refractivity contribution is 0.366. The number of rotatable bonds is 6. The van der Waals surface area contributed by atoms with Gasteiger partial charge in [-0.15, -0.1) is 6.42 Å². The first-order valence-corrected chi connectivity index (χ1v) is 7.11. The van der Waals surface area contributed by atoms with E-state index in [9.17, 15) is 0 Å². The van der Waals surface area contributed by atoms with Crippen LogP contribution in [0.25, 0.3) is 0 Å². The number of methoxy groups -OCH3 is 1. The number of hydrogen-bond acceptors (Lipinski definition) is 4. The van der Waals surface area contributed by atoms with Crippen molar-refractivity contribution in [1.29, 1.82) is 0 Å². The van der Waals surface area contributed by atoms with Crippen molar-refractivity contribution in [2.24, 2.45) is 0 Å². The average molecular weight is 347 g/mol. The molecule has 0 aliphatic carbocycles. The van der Waals surface area contributed by atoms with Crippen molar-refractivity contribution in [3.8, 4) is 24.0 Å². The highest BCUT2D eigenvalue weighted by molar-refractivity contribution is 9.10. The van der Waals surface area contributed by atoms with E-state index in [0.717, 1.165) is 21.5 Å². The van der Waals surface area contributed by atoms with Crippen LogP contribution in [0.15, 0.2) is 41.0 Å². The van der Waals surface area contributed by atoms with E-state index in [1.807, 2.05) is 30.3 Å². The van der Waals surface area contributed by atoms with Gasteiger partial charge in [0.25, 0.3) is 0 Å². The zero-order valence-corrected chi connectivity index (χ0v) is 13.2. The molecule has 0 unspecified atom stereocenters. The molecule has 0 fully saturated rings. The highest BCUT2D eigenvalue weighted by Gasteiger charge is 2.07. The van der Waals surface area contributed by atoms with E-state index in [4.69, 9.17) is 15.9 Å². The summed E-state index contributed by atoms with van der Waals surface area (Å²) in [5, 5.41) is 3.28. The van der Waals surface area contributed by atoms with Gasteiger partial charge in [0.15, 0.2) is 0 Å². The number of benzene rings is 1. The standard InChI is InChI=1S/C16H15BrN2O2/c1-3-9-21-15-7-6-13(17)10-12(15)11-19-14-5-4-8-18-16(14)20-2/h1,4-8,10,19H,9,11H2,2H3. The Balaban J connectivity index is 2.15. The predicted molar refractivity (Wildman–Crippen MR) is 86.6 cm³/mol. The van der Waals surface area contributed by atoms with Gasteiger partial charge in [0, 0.05) is 22.8 Å². The minimum Gasteiger partial charge on any atom is -0.481 e. The van der Waals surface area contributed by atoms with Crippen molar-refractivity contribution < 1.29 is 9.47 Å². The molecule has 5 heteroatoms. The van der Waals surface area contributed by atoms with Gasteiger partial charge in [-0.2, -0.15) is 0 Å². The molecule has 4 nitrogen and oxygen atoms in total. The Morgan fingerprint density at radius 2 is 2.24 bits per heavy atom. The number of nitrogens with zero attached hydrogens (tertiary/aromatic N) is 1. The Labute approximate surface area is 132 Å². The van der Waals surface area contributed by atoms with Gasteiger partial charge in [-0.3, -0.25) is 0 Å². The second-order valence-electron chi connectivity index (χ2n) is 4.16. The van der Waals surface area contributed by atoms with Crippen LogP contribution in [0.2, 0.25) is 0 Å². The first-order chi connectivity index (χ1) is 10.2. The zero-order valence-electron chi connectivity index (χ0n) is 11.6. The van der Waals surface area contributed by atoms with Gasteiger partial charge < -0.3 is 14.8 Å². The molecule has 0 saturated carbocycles. The van der Waals surface area contributed by atoms with E-state index in [2.05, 4.69) is 32.2 Å². The molecule has 1 N–H and O–H groups in total. The summed E-state index contributed by atoms with van der Waals surface area (Å²) in [5.74, 6) is 3.78. The van der Waals surface area contributed by atoms with E-state index >= 15 is 0 Å². The molecule has 0 aliphatic rings. The lowest BCUT2D eigenvalue weighted by atomic mass is 10.2. The van der Waals surface area contributed by atoms with Crippen LogP contribution in [-0.4, -0.2) is 18.7 Å². The Morgan fingerprint density at radius 1 is 1.38 bits per heavy atom. The molecule has 1 aromatic carbocycles. The van der Waals surface area contributed by atoms with Crippen molar-refractivity contribution in [1.82, 2.24) is 4.98 Å². The topological polar surface area (TPSA) is 43.4 Å². The molecular formula is C16H15BrN2O2. The maximum Gasteiger partial charge on any atom is 0.237 e. The number of pyridine rings is 1. The molecule has 108 valence electrons. The SMILES string of the molecule is C#CCOc1ccc(Br)cc1CNc1cccnc1OC. The number of halogens is 1.